The second-order valence-electron chi connectivity index (χ2n) is 6.49. The molecular weight excluding hydrogens is 290 g/mol. The fourth-order valence-corrected chi connectivity index (χ4v) is 2.09. The Labute approximate surface area is 131 Å². The molecule has 0 aromatic carbocycles. The van der Waals surface area contributed by atoms with Crippen LogP contribution in [0.2, 0.25) is 0 Å². The van der Waals surface area contributed by atoms with Gasteiger partial charge in [-0.2, -0.15) is 0 Å². The van der Waals surface area contributed by atoms with Gasteiger partial charge in [-0.25, -0.2) is 0 Å². The van der Waals surface area contributed by atoms with Gasteiger partial charge in [0.1, 0.15) is 6.54 Å². The van der Waals surface area contributed by atoms with Gasteiger partial charge in [0.15, 0.2) is 6.10 Å². The van der Waals surface area contributed by atoms with Crippen LogP contribution in [0.4, 0.5) is 0 Å². The fraction of sp³-hybridized carbons (Fsp3) is 0.800. The molecular formula is C15H28NO6+. The fourth-order valence-electron chi connectivity index (χ4n) is 2.09. The van der Waals surface area contributed by atoms with E-state index in [-0.39, 0.29) is 19.3 Å². The Balaban J connectivity index is 4.01. The Kier molecular flexibility index (Phi) is 9.40. The van der Waals surface area contributed by atoms with Crippen LogP contribution < -0.4 is 0 Å². The predicted molar refractivity (Wildman–Crippen MR) is 80.4 cm³/mol. The average Bonchev–Trinajstić information content (AvgIpc) is 2.29. The van der Waals surface area contributed by atoms with Gasteiger partial charge in [0.2, 0.25) is 0 Å². The number of carbonyl (C=O) groups excluding carboxylic acids is 1. The first-order valence-electron chi connectivity index (χ1n) is 7.53. The summed E-state index contributed by atoms with van der Waals surface area (Å²) in [6.07, 6.45) is 2.32. The Morgan fingerprint density at radius 1 is 0.909 bits per heavy atom. The lowest BCUT2D eigenvalue weighted by molar-refractivity contribution is -0.873. The number of hydrogen-bond acceptors (Lipinski definition) is 4. The van der Waals surface area contributed by atoms with E-state index in [2.05, 4.69) is 0 Å². The highest BCUT2D eigenvalue weighted by Gasteiger charge is 2.24. The molecule has 7 heteroatoms. The molecule has 0 unspecified atom stereocenters. The van der Waals surface area contributed by atoms with Gasteiger partial charge in [-0.15, -0.1) is 0 Å². The van der Waals surface area contributed by atoms with Gasteiger partial charge in [0.05, 0.1) is 27.6 Å². The first-order chi connectivity index (χ1) is 10.1. The number of ether oxygens (including phenoxy) is 1. The minimum atomic E-state index is -0.986. The lowest BCUT2D eigenvalue weighted by atomic mass is 10.1. The summed E-state index contributed by atoms with van der Waals surface area (Å²) < 4.78 is 5.77. The molecule has 128 valence electrons. The maximum Gasteiger partial charge on any atom is 0.307 e. The maximum absolute atomic E-state index is 11.7. The summed E-state index contributed by atoms with van der Waals surface area (Å²) >= 11 is 0. The third-order valence-electron chi connectivity index (χ3n) is 2.97. The van der Waals surface area contributed by atoms with Crippen LogP contribution >= 0.6 is 0 Å². The molecule has 0 rings (SSSR count). The lowest BCUT2D eigenvalue weighted by Crippen LogP contribution is -2.43. The van der Waals surface area contributed by atoms with Crippen molar-refractivity contribution in [3.63, 3.8) is 0 Å². The number of hydrogen-bond donors (Lipinski definition) is 2. The third kappa shape index (κ3) is 13.4. The molecule has 0 saturated carbocycles. The summed E-state index contributed by atoms with van der Waals surface area (Å²) in [5.41, 5.74) is 0. The summed E-state index contributed by atoms with van der Waals surface area (Å²) in [5.74, 6) is -2.19. The molecule has 0 spiro atoms. The molecule has 2 N–H and O–H groups in total. The van der Waals surface area contributed by atoms with Crippen LogP contribution in [0.15, 0.2) is 0 Å². The van der Waals surface area contributed by atoms with Gasteiger partial charge in [0.25, 0.3) is 0 Å². The number of rotatable bonds is 12. The van der Waals surface area contributed by atoms with Crippen molar-refractivity contribution in [3.05, 3.63) is 0 Å². The third-order valence-corrected chi connectivity index (χ3v) is 2.97. The van der Waals surface area contributed by atoms with Crippen LogP contribution in [0.1, 0.15) is 44.9 Å². The molecule has 0 heterocycles. The van der Waals surface area contributed by atoms with Crippen LogP contribution in [0.5, 0.6) is 0 Å². The monoisotopic (exact) mass is 318 g/mol. The van der Waals surface area contributed by atoms with Gasteiger partial charge in [-0.05, 0) is 12.8 Å². The molecule has 0 fully saturated rings. The van der Waals surface area contributed by atoms with Crippen molar-refractivity contribution in [2.75, 3.05) is 27.7 Å². The second kappa shape index (κ2) is 10.2. The molecule has 1 atom stereocenters. The summed E-state index contributed by atoms with van der Waals surface area (Å²) in [5, 5.41) is 17.4. The molecule has 0 bridgehead atoms. The van der Waals surface area contributed by atoms with E-state index in [0.29, 0.717) is 23.9 Å². The number of carboxylic acids is 2. The number of likely N-dealkylation sites (N-methyl/N-ethyl adjacent to an activating group) is 1. The summed E-state index contributed by atoms with van der Waals surface area (Å²) in [6.45, 7) is 0.441. The Morgan fingerprint density at radius 2 is 1.45 bits per heavy atom. The van der Waals surface area contributed by atoms with Gasteiger partial charge in [-0.3, -0.25) is 14.4 Å². The van der Waals surface area contributed by atoms with Gasteiger partial charge >= 0.3 is 17.9 Å². The molecule has 0 aliphatic rings. The number of esters is 1. The zero-order valence-corrected chi connectivity index (χ0v) is 13.7. The minimum absolute atomic E-state index is 0.147. The van der Waals surface area contributed by atoms with E-state index in [9.17, 15) is 14.4 Å². The number of carboxylic acid groups (broad SMARTS) is 2. The van der Waals surface area contributed by atoms with Crippen LogP contribution in [0, 0.1) is 0 Å². The average molecular weight is 318 g/mol. The van der Waals surface area contributed by atoms with E-state index >= 15 is 0 Å². The van der Waals surface area contributed by atoms with Gasteiger partial charge in [-0.1, -0.05) is 12.8 Å². The van der Waals surface area contributed by atoms with E-state index in [1.807, 2.05) is 21.1 Å². The first-order valence-corrected chi connectivity index (χ1v) is 7.53. The zero-order valence-electron chi connectivity index (χ0n) is 13.7. The van der Waals surface area contributed by atoms with Crippen molar-refractivity contribution < 1.29 is 33.8 Å². The molecule has 0 saturated heterocycles. The van der Waals surface area contributed by atoms with Crippen molar-refractivity contribution in [1.82, 2.24) is 0 Å². The minimum Gasteiger partial charge on any atom is -0.481 e. The zero-order chi connectivity index (χ0) is 17.2. The van der Waals surface area contributed by atoms with E-state index in [4.69, 9.17) is 14.9 Å². The number of unbranched alkanes of at least 4 members (excludes halogenated alkanes) is 3. The van der Waals surface area contributed by atoms with Crippen LogP contribution in [0.3, 0.4) is 0 Å². The summed E-state index contributed by atoms with van der Waals surface area (Å²) in [7, 11) is 5.72. The summed E-state index contributed by atoms with van der Waals surface area (Å²) in [4.78, 5) is 32.9. The smallest absolute Gasteiger partial charge is 0.307 e. The first kappa shape index (κ1) is 20.4. The molecule has 0 radical (unpaired) electrons. The molecule has 0 aliphatic carbocycles. The van der Waals surface area contributed by atoms with E-state index in [1.54, 1.807) is 0 Å². The number of carbonyl (C=O) groups is 3. The molecule has 7 nitrogen and oxygen atoms in total. The highest BCUT2D eigenvalue weighted by molar-refractivity contribution is 5.71. The number of quaternary nitrogens is 1. The Bertz CT molecular complexity index is 375. The predicted octanol–water partition coefficient (Wildman–Crippen LogP) is 1.50. The van der Waals surface area contributed by atoms with Crippen molar-refractivity contribution >= 4 is 17.9 Å². The molecule has 22 heavy (non-hydrogen) atoms. The standard InChI is InChI=1S/C15H27NO6/c1-16(2,3)11-12(10-14(19)20)22-15(21)9-7-5-4-6-8-13(17)18/h12H,4-11H2,1-3H3,(H-,17,18,19,20)/p+1/t12-/m1/s1. The second-order valence-corrected chi connectivity index (χ2v) is 6.49. The highest BCUT2D eigenvalue weighted by atomic mass is 16.5. The maximum atomic E-state index is 11.7. The molecule has 0 aromatic rings. The molecule has 0 aliphatic heterocycles. The largest absolute Gasteiger partial charge is 0.481 e. The van der Waals surface area contributed by atoms with Crippen molar-refractivity contribution in [3.8, 4) is 0 Å². The molecule has 0 aromatic heterocycles. The van der Waals surface area contributed by atoms with E-state index in [0.717, 1.165) is 12.8 Å². The normalized spacial score (nSPS) is 12.7. The van der Waals surface area contributed by atoms with Crippen LogP contribution in [-0.2, 0) is 19.1 Å². The van der Waals surface area contributed by atoms with Gasteiger partial charge < -0.3 is 19.4 Å². The Hall–Kier alpha value is -1.63. The number of nitrogens with zero attached hydrogens (tertiary/aromatic N) is 1. The SMILES string of the molecule is C[N+](C)(C)C[C@@H](CC(=O)O)OC(=O)CCCCCCC(=O)O. The van der Waals surface area contributed by atoms with Crippen LogP contribution in [0.25, 0.3) is 0 Å². The number of aliphatic carboxylic acids is 2. The van der Waals surface area contributed by atoms with E-state index < -0.39 is 24.0 Å². The van der Waals surface area contributed by atoms with Crippen LogP contribution in [-0.4, -0.2) is 66.4 Å². The quantitative estimate of drug-likeness (QED) is 0.321. The Morgan fingerprint density at radius 3 is 1.91 bits per heavy atom. The van der Waals surface area contributed by atoms with Crippen molar-refractivity contribution in [2.24, 2.45) is 0 Å². The summed E-state index contributed by atoms with van der Waals surface area (Å²) in [6, 6.07) is 0. The lowest BCUT2D eigenvalue weighted by Gasteiger charge is -2.28. The molecule has 0 amide bonds. The van der Waals surface area contributed by atoms with Crippen molar-refractivity contribution in [1.29, 1.82) is 0 Å². The van der Waals surface area contributed by atoms with Crippen molar-refractivity contribution in [2.45, 2.75) is 51.0 Å². The van der Waals surface area contributed by atoms with Gasteiger partial charge in [0, 0.05) is 12.8 Å². The highest BCUT2D eigenvalue weighted by Crippen LogP contribution is 2.10. The van der Waals surface area contributed by atoms with E-state index in [1.165, 1.54) is 0 Å². The topological polar surface area (TPSA) is 101 Å².